The maximum Gasteiger partial charge on any atom is 0.336 e. The molecule has 0 bridgehead atoms. The molecule has 3 nitrogen and oxygen atoms in total. The summed E-state index contributed by atoms with van der Waals surface area (Å²) in [7, 11) is -3.29. The zero-order valence-corrected chi connectivity index (χ0v) is 20.0. The zero-order valence-electron chi connectivity index (χ0n) is 17.5. The van der Waals surface area contributed by atoms with Crippen molar-refractivity contribution in [1.82, 2.24) is 0 Å². The highest BCUT2D eigenvalue weighted by atomic mass is 79.9. The molecule has 0 saturated carbocycles. The Morgan fingerprint density at radius 1 is 0.786 bits per heavy atom. The van der Waals surface area contributed by atoms with E-state index in [0.29, 0.717) is 0 Å². The van der Waals surface area contributed by atoms with Crippen LogP contribution in [0.1, 0.15) is 58.2 Å². The van der Waals surface area contributed by atoms with E-state index in [1.165, 1.54) is 0 Å². The Kier molecular flexibility index (Phi) is 7.50. The minimum atomic E-state index is -3.29. The third-order valence-corrected chi connectivity index (χ3v) is 6.45. The molecule has 0 saturated heterocycles. The van der Waals surface area contributed by atoms with Gasteiger partial charge in [0.25, 0.3) is 0 Å². The van der Waals surface area contributed by atoms with Gasteiger partial charge in [-0.25, -0.2) is 0 Å². The predicted molar refractivity (Wildman–Crippen MR) is 122 cm³/mol. The van der Waals surface area contributed by atoms with Gasteiger partial charge in [0.2, 0.25) is 0 Å². The van der Waals surface area contributed by atoms with Crippen molar-refractivity contribution in [3.05, 3.63) is 69.7 Å². The predicted octanol–water partition coefficient (Wildman–Crippen LogP) is 7.94. The van der Waals surface area contributed by atoms with E-state index in [1.54, 1.807) is 0 Å². The maximum absolute atomic E-state index is 13.4. The highest BCUT2D eigenvalue weighted by Gasteiger charge is 2.35. The summed E-state index contributed by atoms with van der Waals surface area (Å²) >= 11 is 3.44. The van der Waals surface area contributed by atoms with Gasteiger partial charge in [0.15, 0.2) is 0 Å². The lowest BCUT2D eigenvalue weighted by atomic mass is 10.1. The molecule has 0 fully saturated rings. The van der Waals surface area contributed by atoms with Crippen LogP contribution in [-0.2, 0) is 19.8 Å². The van der Waals surface area contributed by atoms with Crippen molar-refractivity contribution in [1.29, 1.82) is 0 Å². The van der Waals surface area contributed by atoms with Crippen molar-refractivity contribution in [2.45, 2.75) is 58.9 Å². The molecule has 0 aromatic heterocycles. The van der Waals surface area contributed by atoms with Crippen LogP contribution in [-0.4, -0.2) is 11.2 Å². The van der Waals surface area contributed by atoms with E-state index < -0.39 is 18.8 Å². The van der Waals surface area contributed by atoms with Crippen LogP contribution in [0.3, 0.4) is 0 Å². The van der Waals surface area contributed by atoms with E-state index in [4.69, 9.17) is 9.05 Å². The zero-order chi connectivity index (χ0) is 21.0. The maximum atomic E-state index is 13.4. The third kappa shape index (κ3) is 8.45. The van der Waals surface area contributed by atoms with Gasteiger partial charge >= 0.3 is 7.60 Å². The summed E-state index contributed by atoms with van der Waals surface area (Å²) in [5.41, 5.74) is 2.05. The molecule has 0 spiro atoms. The second-order valence-corrected chi connectivity index (χ2v) is 11.6. The molecule has 0 atom stereocenters. The highest BCUT2D eigenvalue weighted by Crippen LogP contribution is 2.56. The first kappa shape index (κ1) is 23.1. The Bertz CT molecular complexity index is 821. The number of rotatable bonds is 6. The van der Waals surface area contributed by atoms with Crippen LogP contribution in [0.2, 0.25) is 0 Å². The van der Waals surface area contributed by atoms with E-state index in [2.05, 4.69) is 40.2 Å². The van der Waals surface area contributed by atoms with E-state index in [9.17, 15) is 4.57 Å². The Morgan fingerprint density at radius 2 is 1.18 bits per heavy atom. The van der Waals surface area contributed by atoms with Crippen molar-refractivity contribution in [2.75, 3.05) is 0 Å². The van der Waals surface area contributed by atoms with Crippen LogP contribution in [0, 0.1) is 0 Å². The van der Waals surface area contributed by atoms with Gasteiger partial charge in [-0.15, -0.1) is 0 Å². The summed E-state index contributed by atoms with van der Waals surface area (Å²) in [6.45, 7) is 11.3. The topological polar surface area (TPSA) is 35.5 Å². The third-order valence-electron chi connectivity index (χ3n) is 3.52. The monoisotopic (exact) mass is 464 g/mol. The van der Waals surface area contributed by atoms with Gasteiger partial charge in [-0.05, 0) is 70.4 Å². The minimum absolute atomic E-state index is 0.248. The molecule has 2 aromatic carbocycles. The summed E-state index contributed by atoms with van der Waals surface area (Å²) in [6, 6.07) is 16.1. The van der Waals surface area contributed by atoms with Gasteiger partial charge in [0.05, 0.1) is 17.4 Å². The summed E-state index contributed by atoms with van der Waals surface area (Å²) in [4.78, 5) is 0. The van der Waals surface area contributed by atoms with Crippen LogP contribution < -0.4 is 0 Å². The van der Waals surface area contributed by atoms with Crippen molar-refractivity contribution < 1.29 is 13.6 Å². The molecule has 0 aliphatic heterocycles. The van der Waals surface area contributed by atoms with E-state index in [1.807, 2.05) is 77.9 Å². The Balaban J connectivity index is 2.13. The number of halogens is 1. The fourth-order valence-electron chi connectivity index (χ4n) is 2.64. The van der Waals surface area contributed by atoms with Crippen LogP contribution in [0.5, 0.6) is 0 Å². The Morgan fingerprint density at radius 3 is 1.57 bits per heavy atom. The van der Waals surface area contributed by atoms with Gasteiger partial charge in [0, 0.05) is 4.47 Å². The summed E-state index contributed by atoms with van der Waals surface area (Å²) in [6.07, 6.45) is 4.37. The minimum Gasteiger partial charge on any atom is -0.303 e. The SMILES string of the molecule is CC(C)(C)OP(=O)(Cc1ccc(/C=C/c2ccc(Br)cc2)cc1)OC(C)(C)C. The standard InChI is InChI=1S/C23H30BrO3P/c1-22(2,3)26-28(25,27-23(4,5)6)17-20-11-9-18(10-12-20)7-8-19-13-15-21(24)16-14-19/h7-16H,17H2,1-6H3/b8-7+. The van der Waals surface area contributed by atoms with Gasteiger partial charge in [-0.3, -0.25) is 4.57 Å². The largest absolute Gasteiger partial charge is 0.336 e. The second-order valence-electron chi connectivity index (χ2n) is 8.80. The van der Waals surface area contributed by atoms with Crippen molar-refractivity contribution >= 4 is 35.7 Å². The smallest absolute Gasteiger partial charge is 0.303 e. The molecule has 0 amide bonds. The molecule has 5 heteroatoms. The van der Waals surface area contributed by atoms with Crippen LogP contribution in [0.25, 0.3) is 12.2 Å². The van der Waals surface area contributed by atoms with Gasteiger partial charge in [-0.1, -0.05) is 64.5 Å². The highest BCUT2D eigenvalue weighted by molar-refractivity contribution is 9.10. The Hall–Kier alpha value is -1.19. The molecular weight excluding hydrogens is 435 g/mol. The van der Waals surface area contributed by atoms with Crippen LogP contribution in [0.4, 0.5) is 0 Å². The fourth-order valence-corrected chi connectivity index (χ4v) is 5.40. The Labute approximate surface area is 177 Å². The number of benzene rings is 2. The van der Waals surface area contributed by atoms with Crippen molar-refractivity contribution in [2.24, 2.45) is 0 Å². The molecule has 2 rings (SSSR count). The lowest BCUT2D eigenvalue weighted by Crippen LogP contribution is -2.24. The van der Waals surface area contributed by atoms with E-state index >= 15 is 0 Å². The molecule has 0 aliphatic carbocycles. The molecule has 28 heavy (non-hydrogen) atoms. The van der Waals surface area contributed by atoms with Crippen molar-refractivity contribution in [3.8, 4) is 0 Å². The molecule has 0 radical (unpaired) electrons. The van der Waals surface area contributed by atoms with Crippen molar-refractivity contribution in [3.63, 3.8) is 0 Å². The summed E-state index contributed by atoms with van der Waals surface area (Å²) in [5.74, 6) is 0. The molecule has 2 aromatic rings. The quantitative estimate of drug-likeness (QED) is 0.321. The lowest BCUT2D eigenvalue weighted by molar-refractivity contribution is 0.0485. The average molecular weight is 465 g/mol. The number of hydrogen-bond acceptors (Lipinski definition) is 3. The first-order chi connectivity index (χ1) is 12.8. The van der Waals surface area contributed by atoms with Gasteiger partial charge in [0.1, 0.15) is 0 Å². The summed E-state index contributed by atoms with van der Waals surface area (Å²) in [5, 5.41) is 0. The second kappa shape index (κ2) is 9.09. The molecular formula is C23H30BrO3P. The fraction of sp³-hybridized carbons (Fsp3) is 0.391. The average Bonchev–Trinajstić information content (AvgIpc) is 2.51. The van der Waals surface area contributed by atoms with E-state index in [-0.39, 0.29) is 6.16 Å². The molecule has 0 unspecified atom stereocenters. The molecule has 0 heterocycles. The molecule has 0 aliphatic rings. The van der Waals surface area contributed by atoms with Gasteiger partial charge < -0.3 is 9.05 Å². The molecule has 152 valence electrons. The first-order valence-corrected chi connectivity index (χ1v) is 11.9. The van der Waals surface area contributed by atoms with Crippen LogP contribution in [0.15, 0.2) is 53.0 Å². The van der Waals surface area contributed by atoms with Crippen LogP contribution >= 0.6 is 23.5 Å². The van der Waals surface area contributed by atoms with E-state index in [0.717, 1.165) is 21.2 Å². The summed E-state index contributed by atoms with van der Waals surface area (Å²) < 4.78 is 26.2. The molecule has 0 N–H and O–H groups in total. The van der Waals surface area contributed by atoms with Gasteiger partial charge in [-0.2, -0.15) is 0 Å². The first-order valence-electron chi connectivity index (χ1n) is 9.37. The lowest BCUT2D eigenvalue weighted by Gasteiger charge is -2.32. The normalized spacial score (nSPS) is 13.2. The number of hydrogen-bond donors (Lipinski definition) is 0.